The molecule has 5 nitrogen and oxygen atoms in total. The molecule has 0 aliphatic carbocycles. The van der Waals surface area contributed by atoms with Crippen molar-refractivity contribution in [2.24, 2.45) is 5.92 Å². The van der Waals surface area contributed by atoms with E-state index in [1.165, 1.54) is 0 Å². The van der Waals surface area contributed by atoms with Gasteiger partial charge < -0.3 is 25.0 Å². The lowest BCUT2D eigenvalue weighted by Crippen LogP contribution is -2.37. The molecule has 0 radical (unpaired) electrons. The second-order valence-electron chi connectivity index (χ2n) is 5.39. The van der Waals surface area contributed by atoms with E-state index in [0.717, 1.165) is 0 Å². The van der Waals surface area contributed by atoms with Gasteiger partial charge in [0.2, 0.25) is 0 Å². The molecule has 5 heteroatoms. The van der Waals surface area contributed by atoms with Crippen molar-refractivity contribution in [2.45, 2.75) is 32.4 Å². The Hall–Kier alpha value is -1.30. The Balaban J connectivity index is 2.76. The minimum Gasteiger partial charge on any atom is -0.497 e. The van der Waals surface area contributed by atoms with Gasteiger partial charge in [0.05, 0.1) is 20.3 Å². The van der Waals surface area contributed by atoms with Gasteiger partial charge in [0.15, 0.2) is 0 Å². The molecule has 0 saturated heterocycles. The summed E-state index contributed by atoms with van der Waals surface area (Å²) in [5.41, 5.74) is 0.691. The standard InChI is InChI=1S/C16H27NO4/c1-11(2)14(7-8-18)17-10-15(19)13-9-12(20-3)5-6-16(13)21-4/h5-6,9,11,14-15,17-19H,7-8,10H2,1-4H3. The number of benzene rings is 1. The fourth-order valence-corrected chi connectivity index (χ4v) is 2.28. The van der Waals surface area contributed by atoms with Crippen LogP contribution in [-0.2, 0) is 0 Å². The molecular weight excluding hydrogens is 270 g/mol. The summed E-state index contributed by atoms with van der Waals surface area (Å²) in [5.74, 6) is 1.70. The summed E-state index contributed by atoms with van der Waals surface area (Å²) in [4.78, 5) is 0. The number of nitrogens with one attached hydrogen (secondary N) is 1. The number of hydrogen-bond acceptors (Lipinski definition) is 5. The summed E-state index contributed by atoms with van der Waals surface area (Å²) in [6, 6.07) is 5.53. The van der Waals surface area contributed by atoms with Crippen LogP contribution in [0.4, 0.5) is 0 Å². The van der Waals surface area contributed by atoms with Gasteiger partial charge in [0.1, 0.15) is 11.5 Å². The van der Waals surface area contributed by atoms with Crippen LogP contribution in [0.3, 0.4) is 0 Å². The van der Waals surface area contributed by atoms with Crippen molar-refractivity contribution >= 4 is 0 Å². The smallest absolute Gasteiger partial charge is 0.124 e. The second kappa shape index (κ2) is 8.87. The Bertz CT molecular complexity index is 423. The number of rotatable bonds is 9. The molecule has 0 fully saturated rings. The summed E-state index contributed by atoms with van der Waals surface area (Å²) in [6.07, 6.45) is -0.0328. The lowest BCUT2D eigenvalue weighted by Gasteiger charge is -2.24. The van der Waals surface area contributed by atoms with Crippen molar-refractivity contribution in [3.05, 3.63) is 23.8 Å². The van der Waals surface area contributed by atoms with Crippen LogP contribution in [0.15, 0.2) is 18.2 Å². The van der Waals surface area contributed by atoms with E-state index in [2.05, 4.69) is 19.2 Å². The van der Waals surface area contributed by atoms with Crippen LogP contribution in [0.1, 0.15) is 31.9 Å². The van der Waals surface area contributed by atoms with E-state index >= 15 is 0 Å². The molecule has 0 saturated carbocycles. The van der Waals surface area contributed by atoms with E-state index < -0.39 is 6.10 Å². The Morgan fingerprint density at radius 2 is 1.90 bits per heavy atom. The highest BCUT2D eigenvalue weighted by Gasteiger charge is 2.18. The van der Waals surface area contributed by atoms with E-state index in [0.29, 0.717) is 35.9 Å². The maximum Gasteiger partial charge on any atom is 0.124 e. The zero-order valence-corrected chi connectivity index (χ0v) is 13.3. The summed E-state index contributed by atoms with van der Waals surface area (Å²) < 4.78 is 10.5. The van der Waals surface area contributed by atoms with Crippen molar-refractivity contribution in [3.8, 4) is 11.5 Å². The lowest BCUT2D eigenvalue weighted by molar-refractivity contribution is 0.155. The van der Waals surface area contributed by atoms with Crippen LogP contribution in [0, 0.1) is 5.92 Å². The third kappa shape index (κ3) is 5.19. The summed E-state index contributed by atoms with van der Waals surface area (Å²) >= 11 is 0. The fourth-order valence-electron chi connectivity index (χ4n) is 2.28. The van der Waals surface area contributed by atoms with Crippen molar-refractivity contribution in [2.75, 3.05) is 27.4 Å². The van der Waals surface area contributed by atoms with Gasteiger partial charge in [-0.1, -0.05) is 13.8 Å². The van der Waals surface area contributed by atoms with Crippen molar-refractivity contribution in [3.63, 3.8) is 0 Å². The largest absolute Gasteiger partial charge is 0.497 e. The first kappa shape index (κ1) is 17.8. The maximum absolute atomic E-state index is 10.4. The van der Waals surface area contributed by atoms with Gasteiger partial charge in [0, 0.05) is 24.8 Å². The van der Waals surface area contributed by atoms with E-state index in [4.69, 9.17) is 14.6 Å². The zero-order valence-electron chi connectivity index (χ0n) is 13.3. The summed E-state index contributed by atoms with van der Waals surface area (Å²) in [7, 11) is 3.17. The first-order chi connectivity index (χ1) is 10.0. The Kier molecular flexibility index (Phi) is 7.50. The average molecular weight is 297 g/mol. The maximum atomic E-state index is 10.4. The molecule has 1 aromatic rings. The van der Waals surface area contributed by atoms with Crippen LogP contribution in [0.25, 0.3) is 0 Å². The van der Waals surface area contributed by atoms with Gasteiger partial charge in [-0.3, -0.25) is 0 Å². The molecule has 0 bridgehead atoms. The average Bonchev–Trinajstić information content (AvgIpc) is 2.50. The first-order valence-corrected chi connectivity index (χ1v) is 7.27. The topological polar surface area (TPSA) is 71.0 Å². The molecule has 0 aromatic heterocycles. The SMILES string of the molecule is COc1ccc(OC)c(C(O)CNC(CCO)C(C)C)c1. The van der Waals surface area contributed by atoms with Crippen LogP contribution in [0.2, 0.25) is 0 Å². The van der Waals surface area contributed by atoms with Crippen molar-refractivity contribution in [1.29, 1.82) is 0 Å². The highest BCUT2D eigenvalue weighted by atomic mass is 16.5. The van der Waals surface area contributed by atoms with Gasteiger partial charge in [-0.15, -0.1) is 0 Å². The molecular formula is C16H27NO4. The molecule has 0 aliphatic rings. The molecule has 3 N–H and O–H groups in total. The minimum absolute atomic E-state index is 0.133. The number of ether oxygens (including phenoxy) is 2. The third-order valence-corrected chi connectivity index (χ3v) is 3.61. The number of methoxy groups -OCH3 is 2. The predicted octanol–water partition coefficient (Wildman–Crippen LogP) is 1.73. The van der Waals surface area contributed by atoms with Gasteiger partial charge in [0.25, 0.3) is 0 Å². The molecule has 120 valence electrons. The number of aliphatic hydroxyl groups excluding tert-OH is 2. The van der Waals surface area contributed by atoms with E-state index in [9.17, 15) is 5.11 Å². The van der Waals surface area contributed by atoms with E-state index in [1.807, 2.05) is 0 Å². The first-order valence-electron chi connectivity index (χ1n) is 7.27. The normalized spacial score (nSPS) is 14.0. The fraction of sp³-hybridized carbons (Fsp3) is 0.625. The molecule has 1 rings (SSSR count). The Morgan fingerprint density at radius 1 is 1.19 bits per heavy atom. The highest BCUT2D eigenvalue weighted by molar-refractivity contribution is 5.41. The van der Waals surface area contributed by atoms with E-state index in [1.54, 1.807) is 32.4 Å². The van der Waals surface area contributed by atoms with Gasteiger partial charge >= 0.3 is 0 Å². The molecule has 0 aliphatic heterocycles. The van der Waals surface area contributed by atoms with Crippen LogP contribution < -0.4 is 14.8 Å². The molecule has 0 heterocycles. The molecule has 0 spiro atoms. The van der Waals surface area contributed by atoms with Crippen LogP contribution >= 0.6 is 0 Å². The Labute approximate surface area is 126 Å². The zero-order chi connectivity index (χ0) is 15.8. The molecule has 2 unspecified atom stereocenters. The highest BCUT2D eigenvalue weighted by Crippen LogP contribution is 2.29. The number of aliphatic hydroxyl groups is 2. The molecule has 0 amide bonds. The molecule has 2 atom stereocenters. The predicted molar refractivity (Wildman–Crippen MR) is 82.8 cm³/mol. The van der Waals surface area contributed by atoms with Crippen LogP contribution in [-0.4, -0.2) is 43.6 Å². The Morgan fingerprint density at radius 3 is 2.43 bits per heavy atom. The quantitative estimate of drug-likeness (QED) is 0.647. The molecule has 1 aromatic carbocycles. The van der Waals surface area contributed by atoms with Gasteiger partial charge in [-0.05, 0) is 30.5 Å². The van der Waals surface area contributed by atoms with Gasteiger partial charge in [-0.25, -0.2) is 0 Å². The molecule has 21 heavy (non-hydrogen) atoms. The third-order valence-electron chi connectivity index (χ3n) is 3.61. The minimum atomic E-state index is -0.699. The summed E-state index contributed by atoms with van der Waals surface area (Å²) in [6.45, 7) is 4.71. The van der Waals surface area contributed by atoms with Crippen molar-refractivity contribution < 1.29 is 19.7 Å². The van der Waals surface area contributed by atoms with Crippen LogP contribution in [0.5, 0.6) is 11.5 Å². The lowest BCUT2D eigenvalue weighted by atomic mass is 10.0. The monoisotopic (exact) mass is 297 g/mol. The second-order valence-corrected chi connectivity index (χ2v) is 5.39. The summed E-state index contributed by atoms with van der Waals surface area (Å²) in [5, 5.41) is 22.8. The van der Waals surface area contributed by atoms with Crippen molar-refractivity contribution in [1.82, 2.24) is 5.32 Å². The number of hydrogen-bond donors (Lipinski definition) is 3. The van der Waals surface area contributed by atoms with E-state index in [-0.39, 0.29) is 12.6 Å². The van der Waals surface area contributed by atoms with Gasteiger partial charge in [-0.2, -0.15) is 0 Å².